The maximum absolute atomic E-state index is 10.7. The molecule has 0 unspecified atom stereocenters. The van der Waals surface area contributed by atoms with Crippen LogP contribution in [-0.2, 0) is 0 Å². The molecule has 62 valence electrons. The molecule has 0 atom stereocenters. The van der Waals surface area contributed by atoms with Crippen LogP contribution >= 0.6 is 0 Å². The maximum Gasteiger partial charge on any atom is 0.336 e. The van der Waals surface area contributed by atoms with E-state index >= 15 is 0 Å². The van der Waals surface area contributed by atoms with Gasteiger partial charge in [0.1, 0.15) is 5.58 Å². The van der Waals surface area contributed by atoms with Gasteiger partial charge in [-0.2, -0.15) is 0 Å². The minimum absolute atomic E-state index is 0. The first-order valence-corrected chi connectivity index (χ1v) is 3.35. The van der Waals surface area contributed by atoms with Crippen LogP contribution in [-0.4, -0.2) is 0 Å². The van der Waals surface area contributed by atoms with E-state index in [9.17, 15) is 4.79 Å². The minimum Gasteiger partial charge on any atom is -0.423 e. The van der Waals surface area contributed by atoms with Crippen molar-refractivity contribution in [3.63, 3.8) is 0 Å². The van der Waals surface area contributed by atoms with Crippen molar-refractivity contribution in [1.82, 2.24) is 6.15 Å². The van der Waals surface area contributed by atoms with Gasteiger partial charge in [-0.05, 0) is 12.1 Å². The van der Waals surface area contributed by atoms with E-state index < -0.39 is 0 Å². The summed E-state index contributed by atoms with van der Waals surface area (Å²) in [4.78, 5) is 10.7. The molecule has 1 heterocycles. The lowest BCUT2D eigenvalue weighted by Crippen LogP contribution is -1.93. The van der Waals surface area contributed by atoms with Crippen molar-refractivity contribution in [1.29, 1.82) is 0 Å². The van der Waals surface area contributed by atoms with E-state index in [4.69, 9.17) is 4.42 Å². The normalized spacial score (nSPS) is 9.33. The molecule has 2 aromatic rings. The highest BCUT2D eigenvalue weighted by Gasteiger charge is 1.92. The molecule has 2 rings (SSSR count). The van der Waals surface area contributed by atoms with Gasteiger partial charge in [0, 0.05) is 11.5 Å². The summed E-state index contributed by atoms with van der Waals surface area (Å²) < 4.78 is 4.91. The Morgan fingerprint density at radius 1 is 1.00 bits per heavy atom. The predicted octanol–water partition coefficient (Wildman–Crippen LogP) is 1.95. The fourth-order valence-electron chi connectivity index (χ4n) is 1.01. The second-order valence-electron chi connectivity index (χ2n) is 2.29. The number of benzene rings is 1. The quantitative estimate of drug-likeness (QED) is 0.603. The Morgan fingerprint density at radius 2 is 1.75 bits per heavy atom. The Hall–Kier alpha value is -1.61. The molecule has 3 nitrogen and oxygen atoms in total. The van der Waals surface area contributed by atoms with Gasteiger partial charge in [-0.25, -0.2) is 4.79 Å². The zero-order chi connectivity index (χ0) is 7.68. The summed E-state index contributed by atoms with van der Waals surface area (Å²) in [6.45, 7) is 0. The molecule has 12 heavy (non-hydrogen) atoms. The highest BCUT2D eigenvalue weighted by molar-refractivity contribution is 5.75. The standard InChI is InChI=1S/C9H6O2.H3N/c10-9-6-5-7-3-1-2-4-8(7)11-9;/h1-6H;1H3. The van der Waals surface area contributed by atoms with Crippen LogP contribution in [0.25, 0.3) is 11.0 Å². The van der Waals surface area contributed by atoms with Crippen LogP contribution in [0.3, 0.4) is 0 Å². The molecule has 0 aliphatic carbocycles. The average molecular weight is 163 g/mol. The second-order valence-corrected chi connectivity index (χ2v) is 2.29. The summed E-state index contributed by atoms with van der Waals surface area (Å²) in [5.74, 6) is 0. The molecule has 0 saturated heterocycles. The van der Waals surface area contributed by atoms with Crippen molar-refractivity contribution in [2.45, 2.75) is 0 Å². The fraction of sp³-hybridized carbons (Fsp3) is 0. The van der Waals surface area contributed by atoms with Gasteiger partial charge >= 0.3 is 5.63 Å². The van der Waals surface area contributed by atoms with Crippen LogP contribution in [0.2, 0.25) is 0 Å². The maximum atomic E-state index is 10.7. The lowest BCUT2D eigenvalue weighted by atomic mass is 10.2. The molecule has 0 fully saturated rings. The first-order valence-electron chi connectivity index (χ1n) is 3.35. The van der Waals surface area contributed by atoms with Crippen molar-refractivity contribution in [2.75, 3.05) is 0 Å². The van der Waals surface area contributed by atoms with Crippen molar-refractivity contribution < 1.29 is 4.42 Å². The largest absolute Gasteiger partial charge is 0.423 e. The summed E-state index contributed by atoms with van der Waals surface area (Å²) in [6.07, 6.45) is 0. The Bertz CT molecular complexity index is 433. The van der Waals surface area contributed by atoms with E-state index in [1.807, 2.05) is 18.2 Å². The topological polar surface area (TPSA) is 65.2 Å². The van der Waals surface area contributed by atoms with E-state index in [1.165, 1.54) is 6.07 Å². The second kappa shape index (κ2) is 3.19. The highest BCUT2D eigenvalue weighted by Crippen LogP contribution is 2.08. The Balaban J connectivity index is 0.000000720. The van der Waals surface area contributed by atoms with Gasteiger partial charge < -0.3 is 10.6 Å². The monoisotopic (exact) mass is 163 g/mol. The average Bonchev–Trinajstić information content (AvgIpc) is 2.04. The SMILES string of the molecule is N.O=c1ccc2ccccc2o1. The van der Waals surface area contributed by atoms with Gasteiger partial charge in [-0.15, -0.1) is 0 Å². The molecule has 0 spiro atoms. The molecule has 0 amide bonds. The zero-order valence-corrected chi connectivity index (χ0v) is 6.49. The van der Waals surface area contributed by atoms with Crippen LogP contribution in [0.5, 0.6) is 0 Å². The van der Waals surface area contributed by atoms with E-state index in [1.54, 1.807) is 12.1 Å². The Kier molecular flexibility index (Phi) is 2.26. The van der Waals surface area contributed by atoms with Gasteiger partial charge in [0.25, 0.3) is 0 Å². The lowest BCUT2D eigenvalue weighted by Gasteiger charge is -1.91. The highest BCUT2D eigenvalue weighted by atomic mass is 16.4. The third-order valence-corrected chi connectivity index (χ3v) is 1.53. The zero-order valence-electron chi connectivity index (χ0n) is 6.49. The van der Waals surface area contributed by atoms with Crippen molar-refractivity contribution in [3.05, 3.63) is 46.8 Å². The molecule has 0 aliphatic rings. The smallest absolute Gasteiger partial charge is 0.336 e. The molecular weight excluding hydrogens is 154 g/mol. The molecule has 1 aromatic heterocycles. The number of fused-ring (bicyclic) bond motifs is 1. The molecule has 3 N–H and O–H groups in total. The minimum atomic E-state index is -0.302. The number of para-hydroxylation sites is 1. The van der Waals surface area contributed by atoms with E-state index in [2.05, 4.69) is 0 Å². The van der Waals surface area contributed by atoms with Crippen molar-refractivity contribution >= 4 is 11.0 Å². The molecule has 0 radical (unpaired) electrons. The molecular formula is C9H9NO2. The van der Waals surface area contributed by atoms with E-state index in [-0.39, 0.29) is 11.8 Å². The Morgan fingerprint density at radius 3 is 2.58 bits per heavy atom. The van der Waals surface area contributed by atoms with Gasteiger partial charge in [0.05, 0.1) is 0 Å². The van der Waals surface area contributed by atoms with Crippen molar-refractivity contribution in [2.24, 2.45) is 0 Å². The molecule has 0 saturated carbocycles. The molecule has 1 aromatic carbocycles. The van der Waals surface area contributed by atoms with E-state index in [0.717, 1.165) is 5.39 Å². The molecule has 3 heteroatoms. The molecule has 0 bridgehead atoms. The van der Waals surface area contributed by atoms with Gasteiger partial charge in [-0.1, -0.05) is 18.2 Å². The lowest BCUT2D eigenvalue weighted by molar-refractivity contribution is 0.561. The number of rotatable bonds is 0. The van der Waals surface area contributed by atoms with Crippen LogP contribution in [0, 0.1) is 0 Å². The third-order valence-electron chi connectivity index (χ3n) is 1.53. The predicted molar refractivity (Wildman–Crippen MR) is 47.5 cm³/mol. The summed E-state index contributed by atoms with van der Waals surface area (Å²) in [5, 5.41) is 0.951. The van der Waals surface area contributed by atoms with Gasteiger partial charge in [-0.3, -0.25) is 0 Å². The summed E-state index contributed by atoms with van der Waals surface area (Å²) in [6, 6.07) is 10.6. The van der Waals surface area contributed by atoms with Crippen LogP contribution < -0.4 is 11.8 Å². The van der Waals surface area contributed by atoms with Crippen LogP contribution in [0.1, 0.15) is 0 Å². The van der Waals surface area contributed by atoms with Crippen LogP contribution in [0.15, 0.2) is 45.6 Å². The first-order chi connectivity index (χ1) is 5.36. The summed E-state index contributed by atoms with van der Waals surface area (Å²) in [5.41, 5.74) is 0.337. The first kappa shape index (κ1) is 8.49. The van der Waals surface area contributed by atoms with E-state index in [0.29, 0.717) is 5.58 Å². The van der Waals surface area contributed by atoms with Gasteiger partial charge in [0.2, 0.25) is 0 Å². The van der Waals surface area contributed by atoms with Crippen LogP contribution in [0.4, 0.5) is 0 Å². The number of hydrogen-bond acceptors (Lipinski definition) is 3. The van der Waals surface area contributed by atoms with Gasteiger partial charge in [0.15, 0.2) is 0 Å². The number of hydrogen-bond donors (Lipinski definition) is 1. The fourth-order valence-corrected chi connectivity index (χ4v) is 1.01. The molecule has 0 aliphatic heterocycles. The Labute approximate surface area is 69.2 Å². The van der Waals surface area contributed by atoms with Crippen molar-refractivity contribution in [3.8, 4) is 0 Å². The summed E-state index contributed by atoms with van der Waals surface area (Å²) in [7, 11) is 0. The summed E-state index contributed by atoms with van der Waals surface area (Å²) >= 11 is 0. The third kappa shape index (κ3) is 1.35.